The fourth-order valence-corrected chi connectivity index (χ4v) is 2.65. The first kappa shape index (κ1) is 13.7. The molecule has 0 saturated heterocycles. The van der Waals surface area contributed by atoms with Gasteiger partial charge in [-0.3, -0.25) is 0 Å². The zero-order valence-corrected chi connectivity index (χ0v) is 11.2. The van der Waals surface area contributed by atoms with Gasteiger partial charge in [0, 0.05) is 12.0 Å². The van der Waals surface area contributed by atoms with Gasteiger partial charge in [-0.15, -0.1) is 0 Å². The molecule has 0 aliphatic heterocycles. The van der Waals surface area contributed by atoms with Gasteiger partial charge in [0.1, 0.15) is 11.5 Å². The molecule has 4 heteroatoms. The van der Waals surface area contributed by atoms with Crippen molar-refractivity contribution in [3.05, 3.63) is 46.1 Å². The van der Waals surface area contributed by atoms with Crippen LogP contribution in [0.15, 0.2) is 46.1 Å². The standard InChI is InChI=1S/C15H20O4/c1-8-12(7-16)3-10(4-13(8)17)11-5-14(18)9(2)15(19)6-11/h4-5,10-11,16-19H,3,6-7H2,1-2H3. The van der Waals surface area contributed by atoms with Gasteiger partial charge in [-0.1, -0.05) is 0 Å². The lowest BCUT2D eigenvalue weighted by Gasteiger charge is -2.29. The molecule has 0 aromatic rings. The van der Waals surface area contributed by atoms with E-state index in [0.717, 1.165) is 11.1 Å². The van der Waals surface area contributed by atoms with Gasteiger partial charge in [0.2, 0.25) is 0 Å². The van der Waals surface area contributed by atoms with Crippen LogP contribution in [0.4, 0.5) is 0 Å². The van der Waals surface area contributed by atoms with Crippen LogP contribution in [0.1, 0.15) is 26.7 Å². The second kappa shape index (κ2) is 5.13. The first-order chi connectivity index (χ1) is 8.93. The van der Waals surface area contributed by atoms with Crippen LogP contribution in [0.25, 0.3) is 0 Å². The second-order valence-electron chi connectivity index (χ2n) is 5.30. The van der Waals surface area contributed by atoms with Crippen LogP contribution in [-0.4, -0.2) is 27.0 Å². The van der Waals surface area contributed by atoms with Crippen molar-refractivity contribution in [3.8, 4) is 0 Å². The van der Waals surface area contributed by atoms with Crippen LogP contribution in [0.2, 0.25) is 0 Å². The summed E-state index contributed by atoms with van der Waals surface area (Å²) in [5, 5.41) is 38.8. The summed E-state index contributed by atoms with van der Waals surface area (Å²) in [6, 6.07) is 0. The highest BCUT2D eigenvalue weighted by molar-refractivity contribution is 5.37. The minimum Gasteiger partial charge on any atom is -0.512 e. The van der Waals surface area contributed by atoms with Crippen LogP contribution in [0, 0.1) is 11.8 Å². The number of aliphatic hydroxyl groups excluding tert-OH is 4. The first-order valence-electron chi connectivity index (χ1n) is 6.44. The molecule has 0 heterocycles. The Hall–Kier alpha value is -1.68. The summed E-state index contributed by atoms with van der Waals surface area (Å²) in [4.78, 5) is 0. The van der Waals surface area contributed by atoms with Gasteiger partial charge in [0.25, 0.3) is 0 Å². The van der Waals surface area contributed by atoms with E-state index in [-0.39, 0.29) is 35.7 Å². The Morgan fingerprint density at radius 2 is 1.47 bits per heavy atom. The molecule has 0 saturated carbocycles. The van der Waals surface area contributed by atoms with Crippen molar-refractivity contribution in [3.63, 3.8) is 0 Å². The summed E-state index contributed by atoms with van der Waals surface area (Å²) in [6.45, 7) is 3.38. The third kappa shape index (κ3) is 2.54. The van der Waals surface area contributed by atoms with Crippen molar-refractivity contribution in [1.82, 2.24) is 0 Å². The summed E-state index contributed by atoms with van der Waals surface area (Å²) in [6.07, 6.45) is 4.55. The summed E-state index contributed by atoms with van der Waals surface area (Å²) in [5.41, 5.74) is 2.04. The van der Waals surface area contributed by atoms with E-state index < -0.39 is 0 Å². The Labute approximate surface area is 112 Å². The minimum absolute atomic E-state index is 0.0248. The van der Waals surface area contributed by atoms with Gasteiger partial charge < -0.3 is 20.4 Å². The number of aliphatic hydroxyl groups is 4. The summed E-state index contributed by atoms with van der Waals surface area (Å²) < 4.78 is 0. The average Bonchev–Trinajstić information content (AvgIpc) is 2.38. The highest BCUT2D eigenvalue weighted by Crippen LogP contribution is 2.38. The van der Waals surface area contributed by atoms with Crippen LogP contribution in [0.3, 0.4) is 0 Å². The predicted molar refractivity (Wildman–Crippen MR) is 72.8 cm³/mol. The van der Waals surface area contributed by atoms with Gasteiger partial charge in [-0.25, -0.2) is 0 Å². The third-order valence-corrected chi connectivity index (χ3v) is 4.13. The van der Waals surface area contributed by atoms with Crippen molar-refractivity contribution in [2.45, 2.75) is 26.7 Å². The summed E-state index contributed by atoms with van der Waals surface area (Å²) >= 11 is 0. The Morgan fingerprint density at radius 3 is 2.00 bits per heavy atom. The Morgan fingerprint density at radius 1 is 0.947 bits per heavy atom. The van der Waals surface area contributed by atoms with Gasteiger partial charge in [0.05, 0.1) is 12.4 Å². The maximum Gasteiger partial charge on any atom is 0.118 e. The molecule has 104 valence electrons. The SMILES string of the molecule is CC1=C(O)CC(C2C=C(O)C(C)=C(CO)C2)C=C1O. The molecule has 0 spiro atoms. The molecule has 2 unspecified atom stereocenters. The van der Waals surface area contributed by atoms with E-state index in [1.54, 1.807) is 26.0 Å². The Kier molecular flexibility index (Phi) is 3.71. The fraction of sp³-hybridized carbons (Fsp3) is 0.467. The molecule has 0 radical (unpaired) electrons. The van der Waals surface area contributed by atoms with Crippen LogP contribution < -0.4 is 0 Å². The van der Waals surface area contributed by atoms with E-state index >= 15 is 0 Å². The average molecular weight is 264 g/mol. The van der Waals surface area contributed by atoms with Crippen molar-refractivity contribution < 1.29 is 20.4 Å². The molecule has 0 bridgehead atoms. The Balaban J connectivity index is 2.23. The van der Waals surface area contributed by atoms with E-state index in [0.29, 0.717) is 18.4 Å². The molecule has 4 N–H and O–H groups in total. The second-order valence-corrected chi connectivity index (χ2v) is 5.30. The summed E-state index contributed by atoms with van der Waals surface area (Å²) in [7, 11) is 0. The fourth-order valence-electron chi connectivity index (χ4n) is 2.65. The molecule has 0 fully saturated rings. The quantitative estimate of drug-likeness (QED) is 0.618. The minimum atomic E-state index is -0.0799. The normalized spacial score (nSPS) is 28.4. The zero-order chi connectivity index (χ0) is 14.2. The number of hydrogen-bond donors (Lipinski definition) is 4. The monoisotopic (exact) mass is 264 g/mol. The third-order valence-electron chi connectivity index (χ3n) is 4.13. The van der Waals surface area contributed by atoms with E-state index in [2.05, 4.69) is 0 Å². The molecule has 2 aliphatic carbocycles. The molecule has 0 aromatic carbocycles. The maximum absolute atomic E-state index is 9.90. The smallest absolute Gasteiger partial charge is 0.118 e. The molecule has 4 nitrogen and oxygen atoms in total. The summed E-state index contributed by atoms with van der Waals surface area (Å²) in [5.74, 6) is 0.371. The molecular formula is C15H20O4. The maximum atomic E-state index is 9.90. The molecular weight excluding hydrogens is 244 g/mol. The zero-order valence-electron chi connectivity index (χ0n) is 11.2. The molecule has 2 atom stereocenters. The Bertz CT molecular complexity index is 508. The van der Waals surface area contributed by atoms with Gasteiger partial charge in [-0.05, 0) is 55.4 Å². The van der Waals surface area contributed by atoms with E-state index in [1.165, 1.54) is 0 Å². The van der Waals surface area contributed by atoms with E-state index in [9.17, 15) is 20.4 Å². The van der Waals surface area contributed by atoms with Crippen LogP contribution >= 0.6 is 0 Å². The van der Waals surface area contributed by atoms with Crippen molar-refractivity contribution in [1.29, 1.82) is 0 Å². The lowest BCUT2D eigenvalue weighted by molar-refractivity contribution is 0.283. The highest BCUT2D eigenvalue weighted by Gasteiger charge is 2.29. The molecule has 2 rings (SSSR count). The first-order valence-corrected chi connectivity index (χ1v) is 6.44. The molecule has 2 aliphatic rings. The van der Waals surface area contributed by atoms with Crippen molar-refractivity contribution in [2.24, 2.45) is 11.8 Å². The highest BCUT2D eigenvalue weighted by atomic mass is 16.3. The van der Waals surface area contributed by atoms with Crippen molar-refractivity contribution in [2.75, 3.05) is 6.61 Å². The number of hydrogen-bond acceptors (Lipinski definition) is 4. The van der Waals surface area contributed by atoms with Gasteiger partial charge >= 0.3 is 0 Å². The largest absolute Gasteiger partial charge is 0.512 e. The molecule has 0 aromatic heterocycles. The van der Waals surface area contributed by atoms with Gasteiger partial charge in [0.15, 0.2) is 0 Å². The lowest BCUT2D eigenvalue weighted by atomic mass is 9.77. The number of rotatable bonds is 2. The van der Waals surface area contributed by atoms with Gasteiger partial charge in [-0.2, -0.15) is 0 Å². The number of allylic oxidation sites excluding steroid dienone is 5. The van der Waals surface area contributed by atoms with E-state index in [4.69, 9.17) is 0 Å². The topological polar surface area (TPSA) is 80.9 Å². The molecule has 0 amide bonds. The van der Waals surface area contributed by atoms with E-state index in [1.807, 2.05) is 0 Å². The van der Waals surface area contributed by atoms with Crippen LogP contribution in [0.5, 0.6) is 0 Å². The lowest BCUT2D eigenvalue weighted by Crippen LogP contribution is -2.21. The predicted octanol–water partition coefficient (Wildman–Crippen LogP) is 3.05. The van der Waals surface area contributed by atoms with Crippen LogP contribution in [-0.2, 0) is 0 Å². The van der Waals surface area contributed by atoms with Crippen molar-refractivity contribution >= 4 is 0 Å². The molecule has 19 heavy (non-hydrogen) atoms.